The second kappa shape index (κ2) is 8.80. The Morgan fingerprint density at radius 1 is 1.00 bits per heavy atom. The number of allylic oxidation sites excluding steroid dienone is 2. The summed E-state index contributed by atoms with van der Waals surface area (Å²) in [5.74, 6) is -1.03. The highest BCUT2D eigenvalue weighted by molar-refractivity contribution is 6.35. The van der Waals surface area contributed by atoms with Crippen molar-refractivity contribution < 1.29 is 22.8 Å². The predicted molar refractivity (Wildman–Crippen MR) is 103 cm³/mol. The lowest BCUT2D eigenvalue weighted by atomic mass is 9.99. The lowest BCUT2D eigenvalue weighted by Gasteiger charge is -2.14. The molecule has 0 aliphatic carbocycles. The van der Waals surface area contributed by atoms with Crippen LogP contribution >= 0.6 is 23.2 Å². The molecule has 8 heteroatoms. The van der Waals surface area contributed by atoms with Crippen LogP contribution < -0.4 is 5.32 Å². The van der Waals surface area contributed by atoms with E-state index in [1.54, 1.807) is 19.1 Å². The molecule has 2 aromatic carbocycles. The van der Waals surface area contributed by atoms with E-state index < -0.39 is 17.5 Å². The van der Waals surface area contributed by atoms with Crippen molar-refractivity contribution in [2.45, 2.75) is 26.1 Å². The first kappa shape index (κ1) is 22.0. The lowest BCUT2D eigenvalue weighted by Crippen LogP contribution is -2.23. The molecule has 0 aliphatic rings. The first-order chi connectivity index (χ1) is 13.0. The average Bonchev–Trinajstić information content (AvgIpc) is 2.57. The van der Waals surface area contributed by atoms with E-state index in [1.807, 2.05) is 0 Å². The topological polar surface area (TPSA) is 46.2 Å². The molecule has 0 aliphatic heterocycles. The molecule has 0 fully saturated rings. The number of nitrogens with one attached hydrogen (secondary N) is 1. The summed E-state index contributed by atoms with van der Waals surface area (Å²) in [6.07, 6.45) is -4.25. The molecule has 0 bridgehead atoms. The fourth-order valence-corrected chi connectivity index (χ4v) is 3.10. The molecule has 0 spiro atoms. The maximum absolute atomic E-state index is 13.5. The van der Waals surface area contributed by atoms with Crippen LogP contribution in [0.25, 0.3) is 5.57 Å². The summed E-state index contributed by atoms with van der Waals surface area (Å²) in [5, 5.41) is 2.74. The highest BCUT2D eigenvalue weighted by Gasteiger charge is 2.35. The first-order valence-electron chi connectivity index (χ1n) is 8.14. The van der Waals surface area contributed by atoms with Crippen LogP contribution in [0.4, 0.5) is 13.2 Å². The van der Waals surface area contributed by atoms with Gasteiger partial charge in [-0.1, -0.05) is 47.5 Å². The van der Waals surface area contributed by atoms with Gasteiger partial charge in [0.25, 0.3) is 0 Å². The van der Waals surface area contributed by atoms with Crippen LogP contribution in [0, 0.1) is 0 Å². The Bertz CT molecular complexity index is 902. The second-order valence-corrected chi connectivity index (χ2v) is 7.00. The van der Waals surface area contributed by atoms with Gasteiger partial charge in [-0.3, -0.25) is 9.59 Å². The van der Waals surface area contributed by atoms with Gasteiger partial charge in [-0.15, -0.1) is 0 Å². The summed E-state index contributed by atoms with van der Waals surface area (Å²) >= 11 is 11.6. The summed E-state index contributed by atoms with van der Waals surface area (Å²) in [5.41, 5.74) is -0.645. The van der Waals surface area contributed by atoms with E-state index in [1.165, 1.54) is 25.1 Å². The van der Waals surface area contributed by atoms with Gasteiger partial charge in [-0.25, -0.2) is 0 Å². The van der Waals surface area contributed by atoms with Gasteiger partial charge in [0.15, 0.2) is 5.78 Å². The minimum absolute atomic E-state index is 0.0291. The van der Waals surface area contributed by atoms with Crippen molar-refractivity contribution in [2.24, 2.45) is 0 Å². The fraction of sp³-hybridized carbons (Fsp3) is 0.200. The van der Waals surface area contributed by atoms with Crippen LogP contribution in [-0.4, -0.2) is 17.9 Å². The molecule has 0 saturated carbocycles. The Kier molecular flexibility index (Phi) is 6.91. The average molecular weight is 430 g/mol. The summed E-state index contributed by atoms with van der Waals surface area (Å²) in [4.78, 5) is 23.5. The third-order valence-corrected chi connectivity index (χ3v) is 4.31. The molecule has 1 unspecified atom stereocenters. The number of alkyl halides is 3. The zero-order valence-corrected chi connectivity index (χ0v) is 16.4. The van der Waals surface area contributed by atoms with Crippen molar-refractivity contribution in [1.29, 1.82) is 0 Å². The van der Waals surface area contributed by atoms with E-state index in [9.17, 15) is 22.8 Å². The van der Waals surface area contributed by atoms with Crippen LogP contribution in [0.1, 0.15) is 41.4 Å². The number of halogens is 5. The van der Waals surface area contributed by atoms with Gasteiger partial charge in [-0.2, -0.15) is 13.2 Å². The van der Waals surface area contributed by atoms with Crippen LogP contribution in [-0.2, 0) is 4.79 Å². The number of hydrogen-bond acceptors (Lipinski definition) is 2. The molecule has 1 atom stereocenters. The number of ketones is 1. The zero-order chi connectivity index (χ0) is 21.1. The van der Waals surface area contributed by atoms with Gasteiger partial charge in [-0.05, 0) is 42.3 Å². The molecule has 0 radical (unpaired) electrons. The number of carbonyl (C=O) groups is 2. The third-order valence-electron chi connectivity index (χ3n) is 3.87. The van der Waals surface area contributed by atoms with Gasteiger partial charge in [0.05, 0.1) is 11.6 Å². The van der Waals surface area contributed by atoms with E-state index >= 15 is 0 Å². The quantitative estimate of drug-likeness (QED) is 0.466. The number of carbonyl (C=O) groups excluding carboxylic acids is 2. The third kappa shape index (κ3) is 5.84. The zero-order valence-electron chi connectivity index (χ0n) is 14.9. The first-order valence-corrected chi connectivity index (χ1v) is 8.89. The number of rotatable bonds is 5. The SMILES string of the molecule is CC(=O)NC(C)c1ccc(C(=O)/C=C(/c2cc(Cl)cc(Cl)c2)C(F)(F)F)cc1. The summed E-state index contributed by atoms with van der Waals surface area (Å²) in [7, 11) is 0. The van der Waals surface area contributed by atoms with Crippen LogP contribution in [0.3, 0.4) is 0 Å². The molecule has 0 heterocycles. The van der Waals surface area contributed by atoms with Crippen molar-refractivity contribution >= 4 is 40.5 Å². The molecule has 1 amide bonds. The Hall–Kier alpha value is -2.31. The van der Waals surface area contributed by atoms with Crippen LogP contribution in [0.15, 0.2) is 48.5 Å². The van der Waals surface area contributed by atoms with Gasteiger partial charge in [0, 0.05) is 22.5 Å². The molecule has 2 aromatic rings. The van der Waals surface area contributed by atoms with E-state index in [0.29, 0.717) is 11.6 Å². The number of hydrogen-bond donors (Lipinski definition) is 1. The number of benzene rings is 2. The van der Waals surface area contributed by atoms with Crippen molar-refractivity contribution in [3.05, 3.63) is 75.3 Å². The molecule has 2 rings (SSSR count). The Morgan fingerprint density at radius 3 is 2.00 bits per heavy atom. The molecular weight excluding hydrogens is 414 g/mol. The van der Waals surface area contributed by atoms with Gasteiger partial charge < -0.3 is 5.32 Å². The maximum Gasteiger partial charge on any atom is 0.417 e. The van der Waals surface area contributed by atoms with Gasteiger partial charge >= 0.3 is 6.18 Å². The second-order valence-electron chi connectivity index (χ2n) is 6.12. The molecule has 148 valence electrons. The van der Waals surface area contributed by atoms with Crippen LogP contribution in [0.5, 0.6) is 0 Å². The Balaban J connectivity index is 2.36. The van der Waals surface area contributed by atoms with E-state index in [-0.39, 0.29) is 33.1 Å². The van der Waals surface area contributed by atoms with Crippen molar-refractivity contribution in [3.63, 3.8) is 0 Å². The maximum atomic E-state index is 13.5. The Labute approximate surface area is 170 Å². The van der Waals surface area contributed by atoms with Crippen molar-refractivity contribution in [1.82, 2.24) is 5.32 Å². The van der Waals surface area contributed by atoms with E-state index in [0.717, 1.165) is 12.1 Å². The highest BCUT2D eigenvalue weighted by Crippen LogP contribution is 2.36. The van der Waals surface area contributed by atoms with Crippen molar-refractivity contribution in [2.75, 3.05) is 0 Å². The molecule has 0 saturated heterocycles. The van der Waals surface area contributed by atoms with Crippen LogP contribution in [0.2, 0.25) is 10.0 Å². The fourth-order valence-electron chi connectivity index (χ4n) is 2.58. The molecule has 28 heavy (non-hydrogen) atoms. The van der Waals surface area contributed by atoms with E-state index in [2.05, 4.69) is 5.32 Å². The standard InChI is InChI=1S/C20H16Cl2F3NO2/c1-11(26-12(2)27)13-3-5-14(6-4-13)19(28)10-18(20(23,24)25)15-7-16(21)9-17(22)8-15/h3-11H,1-2H3,(H,26,27)/b18-10-. The predicted octanol–water partition coefficient (Wildman–Crippen LogP) is 6.02. The minimum atomic E-state index is -4.77. The Morgan fingerprint density at radius 2 is 1.54 bits per heavy atom. The molecule has 0 aromatic heterocycles. The summed E-state index contributed by atoms with van der Waals surface area (Å²) in [6, 6.07) is 9.16. The molecule has 1 N–H and O–H groups in total. The van der Waals surface area contributed by atoms with Crippen molar-refractivity contribution in [3.8, 4) is 0 Å². The minimum Gasteiger partial charge on any atom is -0.350 e. The normalized spacial score (nSPS) is 13.2. The lowest BCUT2D eigenvalue weighted by molar-refractivity contribution is -0.119. The van der Waals surface area contributed by atoms with Gasteiger partial charge in [0.2, 0.25) is 5.91 Å². The monoisotopic (exact) mass is 429 g/mol. The molecule has 3 nitrogen and oxygen atoms in total. The highest BCUT2D eigenvalue weighted by atomic mass is 35.5. The summed E-state index contributed by atoms with van der Waals surface area (Å²) in [6.45, 7) is 3.13. The summed E-state index contributed by atoms with van der Waals surface area (Å²) < 4.78 is 40.5. The van der Waals surface area contributed by atoms with E-state index in [4.69, 9.17) is 23.2 Å². The largest absolute Gasteiger partial charge is 0.417 e. The van der Waals surface area contributed by atoms with Gasteiger partial charge in [0.1, 0.15) is 0 Å². The smallest absolute Gasteiger partial charge is 0.350 e. The number of amides is 1. The molecular formula is C20H16Cl2F3NO2.